The molecule has 0 heterocycles. The molecule has 0 saturated heterocycles. The molecule has 7 heteroatoms. The molecule has 4 nitrogen and oxygen atoms in total. The fourth-order valence-corrected chi connectivity index (χ4v) is 2.11. The molecule has 1 amide bonds. The molecule has 0 spiro atoms. The molecule has 0 bridgehead atoms. The Balaban J connectivity index is 2.28. The summed E-state index contributed by atoms with van der Waals surface area (Å²) in [4.78, 5) is 23.0. The second kappa shape index (κ2) is 6.24. The van der Waals surface area contributed by atoms with Crippen molar-refractivity contribution in [3.05, 3.63) is 62.8 Å². The number of halogens is 3. The molecular formula is C14H8BrClFNO3. The summed E-state index contributed by atoms with van der Waals surface area (Å²) in [6, 6.07) is 7.79. The van der Waals surface area contributed by atoms with Gasteiger partial charge in [0.05, 0.1) is 16.3 Å². The van der Waals surface area contributed by atoms with Crippen molar-refractivity contribution in [2.75, 3.05) is 5.32 Å². The first kappa shape index (κ1) is 15.5. The topological polar surface area (TPSA) is 66.4 Å². The van der Waals surface area contributed by atoms with Gasteiger partial charge in [-0.15, -0.1) is 0 Å². The molecule has 2 aromatic carbocycles. The van der Waals surface area contributed by atoms with E-state index in [-0.39, 0.29) is 16.1 Å². The van der Waals surface area contributed by atoms with Gasteiger partial charge in [0.25, 0.3) is 5.91 Å². The van der Waals surface area contributed by atoms with Crippen molar-refractivity contribution in [2.24, 2.45) is 0 Å². The largest absolute Gasteiger partial charge is 0.478 e. The number of rotatable bonds is 3. The first-order valence-electron chi connectivity index (χ1n) is 5.67. The number of anilines is 1. The number of hydrogen-bond acceptors (Lipinski definition) is 2. The molecule has 108 valence electrons. The summed E-state index contributed by atoms with van der Waals surface area (Å²) in [5.74, 6) is -2.26. The van der Waals surface area contributed by atoms with Crippen LogP contribution in [0.5, 0.6) is 0 Å². The first-order valence-corrected chi connectivity index (χ1v) is 6.85. The van der Waals surface area contributed by atoms with Crippen LogP contribution in [-0.2, 0) is 0 Å². The molecular weight excluding hydrogens is 365 g/mol. The monoisotopic (exact) mass is 371 g/mol. The minimum Gasteiger partial charge on any atom is -0.478 e. The average molecular weight is 373 g/mol. The Hall–Kier alpha value is -1.92. The molecule has 0 atom stereocenters. The third-order valence-corrected chi connectivity index (χ3v) is 3.62. The van der Waals surface area contributed by atoms with Gasteiger partial charge in [-0.25, -0.2) is 9.18 Å². The van der Waals surface area contributed by atoms with Crippen molar-refractivity contribution in [3.8, 4) is 0 Å². The van der Waals surface area contributed by atoms with Crippen LogP contribution in [0.2, 0.25) is 5.02 Å². The number of carbonyl (C=O) groups is 2. The van der Waals surface area contributed by atoms with E-state index in [1.165, 1.54) is 30.3 Å². The highest BCUT2D eigenvalue weighted by atomic mass is 79.9. The fourth-order valence-electron chi connectivity index (χ4n) is 1.59. The lowest BCUT2D eigenvalue weighted by Crippen LogP contribution is -2.13. The van der Waals surface area contributed by atoms with Crippen molar-refractivity contribution in [1.29, 1.82) is 0 Å². The summed E-state index contributed by atoms with van der Waals surface area (Å²) in [5, 5.41) is 11.3. The zero-order valence-electron chi connectivity index (χ0n) is 10.4. The summed E-state index contributed by atoms with van der Waals surface area (Å²) in [7, 11) is 0. The lowest BCUT2D eigenvalue weighted by Gasteiger charge is -2.09. The summed E-state index contributed by atoms with van der Waals surface area (Å²) in [6.45, 7) is 0. The smallest absolute Gasteiger partial charge is 0.335 e. The Morgan fingerprint density at radius 1 is 1.14 bits per heavy atom. The lowest BCUT2D eigenvalue weighted by molar-refractivity contribution is 0.0696. The predicted octanol–water partition coefficient (Wildman–Crippen LogP) is 4.19. The molecule has 0 fully saturated rings. The summed E-state index contributed by atoms with van der Waals surface area (Å²) < 4.78 is 13.6. The van der Waals surface area contributed by atoms with Crippen molar-refractivity contribution in [2.45, 2.75) is 0 Å². The molecule has 0 aliphatic heterocycles. The van der Waals surface area contributed by atoms with Crippen LogP contribution in [0.3, 0.4) is 0 Å². The number of benzene rings is 2. The van der Waals surface area contributed by atoms with Gasteiger partial charge in [-0.1, -0.05) is 11.6 Å². The van der Waals surface area contributed by atoms with E-state index in [1.807, 2.05) is 0 Å². The first-order chi connectivity index (χ1) is 9.88. The van der Waals surface area contributed by atoms with Crippen molar-refractivity contribution < 1.29 is 19.1 Å². The third-order valence-electron chi connectivity index (χ3n) is 2.64. The highest BCUT2D eigenvalue weighted by molar-refractivity contribution is 9.10. The summed E-state index contributed by atoms with van der Waals surface area (Å²) >= 11 is 8.83. The summed E-state index contributed by atoms with van der Waals surface area (Å²) in [6.07, 6.45) is 0. The normalized spacial score (nSPS) is 10.2. The van der Waals surface area contributed by atoms with Crippen molar-refractivity contribution >= 4 is 45.1 Å². The van der Waals surface area contributed by atoms with E-state index in [9.17, 15) is 14.0 Å². The van der Waals surface area contributed by atoms with Gasteiger partial charge >= 0.3 is 5.97 Å². The second-order valence-corrected chi connectivity index (χ2v) is 5.34. The van der Waals surface area contributed by atoms with E-state index in [4.69, 9.17) is 16.7 Å². The number of aromatic carboxylic acids is 1. The third kappa shape index (κ3) is 3.59. The second-order valence-electron chi connectivity index (χ2n) is 4.08. The van der Waals surface area contributed by atoms with Crippen LogP contribution < -0.4 is 5.32 Å². The minimum absolute atomic E-state index is 0.0330. The van der Waals surface area contributed by atoms with Crippen LogP contribution >= 0.6 is 27.5 Å². The van der Waals surface area contributed by atoms with Crippen LogP contribution in [0.15, 0.2) is 40.9 Å². The van der Waals surface area contributed by atoms with Gasteiger partial charge in [0, 0.05) is 10.0 Å². The molecule has 2 aromatic rings. The van der Waals surface area contributed by atoms with Gasteiger partial charge in [0.2, 0.25) is 0 Å². The van der Waals surface area contributed by atoms with E-state index in [0.29, 0.717) is 10.2 Å². The molecule has 2 N–H and O–H groups in total. The van der Waals surface area contributed by atoms with Crippen molar-refractivity contribution in [1.82, 2.24) is 0 Å². The Labute approximate surface area is 132 Å². The van der Waals surface area contributed by atoms with Gasteiger partial charge in [0.1, 0.15) is 5.82 Å². The Kier molecular flexibility index (Phi) is 4.59. The molecule has 0 saturated carbocycles. The SMILES string of the molecule is O=C(O)c1ccc(Br)c(NC(=O)c2ccc(F)c(Cl)c2)c1. The quantitative estimate of drug-likeness (QED) is 0.849. The van der Waals surface area contributed by atoms with Gasteiger partial charge in [-0.3, -0.25) is 4.79 Å². The predicted molar refractivity (Wildman–Crippen MR) is 80.5 cm³/mol. The van der Waals surface area contributed by atoms with E-state index in [1.54, 1.807) is 0 Å². The zero-order valence-corrected chi connectivity index (χ0v) is 12.7. The lowest BCUT2D eigenvalue weighted by atomic mass is 10.1. The Morgan fingerprint density at radius 2 is 1.81 bits per heavy atom. The van der Waals surface area contributed by atoms with Crippen LogP contribution in [0.4, 0.5) is 10.1 Å². The fraction of sp³-hybridized carbons (Fsp3) is 0. The Morgan fingerprint density at radius 3 is 2.43 bits per heavy atom. The molecule has 0 aromatic heterocycles. The van der Waals surface area contributed by atoms with Crippen molar-refractivity contribution in [3.63, 3.8) is 0 Å². The summed E-state index contributed by atoms with van der Waals surface area (Å²) in [5.41, 5.74) is 0.486. The van der Waals surface area contributed by atoms with Crippen LogP contribution in [0.25, 0.3) is 0 Å². The van der Waals surface area contributed by atoms with E-state index < -0.39 is 17.7 Å². The van der Waals surface area contributed by atoms with E-state index in [0.717, 1.165) is 6.07 Å². The molecule has 0 radical (unpaired) electrons. The molecule has 0 unspecified atom stereocenters. The highest BCUT2D eigenvalue weighted by Crippen LogP contribution is 2.25. The number of carboxylic acid groups (broad SMARTS) is 1. The number of hydrogen-bond donors (Lipinski definition) is 2. The van der Waals surface area contributed by atoms with Gasteiger partial charge in [-0.2, -0.15) is 0 Å². The average Bonchev–Trinajstić information content (AvgIpc) is 2.43. The van der Waals surface area contributed by atoms with Gasteiger partial charge in [-0.05, 0) is 52.3 Å². The maximum atomic E-state index is 13.1. The molecule has 0 aliphatic carbocycles. The highest BCUT2D eigenvalue weighted by Gasteiger charge is 2.12. The number of nitrogens with one attached hydrogen (secondary N) is 1. The Bertz CT molecular complexity index is 736. The maximum Gasteiger partial charge on any atom is 0.335 e. The standard InChI is InChI=1S/C14H8BrClFNO3/c15-9-3-1-8(14(20)21)6-12(9)18-13(19)7-2-4-11(17)10(16)5-7/h1-6H,(H,18,19)(H,20,21). The van der Waals surface area contributed by atoms with Gasteiger partial charge in [0.15, 0.2) is 0 Å². The molecule has 2 rings (SSSR count). The zero-order chi connectivity index (χ0) is 15.6. The van der Waals surface area contributed by atoms with Crippen LogP contribution in [0.1, 0.15) is 20.7 Å². The number of carboxylic acids is 1. The maximum absolute atomic E-state index is 13.1. The van der Waals surface area contributed by atoms with Gasteiger partial charge < -0.3 is 10.4 Å². The number of amides is 1. The van der Waals surface area contributed by atoms with Crippen LogP contribution in [0, 0.1) is 5.82 Å². The van der Waals surface area contributed by atoms with E-state index in [2.05, 4.69) is 21.2 Å². The van der Waals surface area contributed by atoms with Crippen LogP contribution in [-0.4, -0.2) is 17.0 Å². The molecule has 0 aliphatic rings. The van der Waals surface area contributed by atoms with E-state index >= 15 is 0 Å². The molecule has 21 heavy (non-hydrogen) atoms. The minimum atomic E-state index is -1.11. The number of carbonyl (C=O) groups excluding carboxylic acids is 1.